The normalized spacial score (nSPS) is 22.2. The minimum absolute atomic E-state index is 0.0563. The average Bonchev–Trinajstić information content (AvgIpc) is 3.40. The maximum absolute atomic E-state index is 14.9. The van der Waals surface area contributed by atoms with Gasteiger partial charge in [0.25, 0.3) is 11.7 Å². The molecule has 1 N–H and O–H groups in total. The zero-order valence-corrected chi connectivity index (χ0v) is 17.8. The van der Waals surface area contributed by atoms with Crippen LogP contribution in [0.4, 0.5) is 4.39 Å². The third kappa shape index (κ3) is 3.94. The number of carbonyl (C=O) groups is 2. The van der Waals surface area contributed by atoms with Crippen LogP contribution in [0.25, 0.3) is 5.76 Å². The van der Waals surface area contributed by atoms with Crippen molar-refractivity contribution in [2.24, 2.45) is 0 Å². The van der Waals surface area contributed by atoms with Crippen LogP contribution in [-0.2, 0) is 14.3 Å². The van der Waals surface area contributed by atoms with Gasteiger partial charge in [-0.25, -0.2) is 4.39 Å². The van der Waals surface area contributed by atoms with Crippen LogP contribution in [0.3, 0.4) is 0 Å². The van der Waals surface area contributed by atoms with Gasteiger partial charge in [0.05, 0.1) is 24.8 Å². The largest absolute Gasteiger partial charge is 0.507 e. The number of likely N-dealkylation sites (tertiary alicyclic amines) is 1. The first kappa shape index (κ1) is 21.4. The molecule has 0 aliphatic carbocycles. The lowest BCUT2D eigenvalue weighted by Gasteiger charge is -2.31. The summed E-state index contributed by atoms with van der Waals surface area (Å²) in [6, 6.07) is 9.66. The molecule has 3 aliphatic rings. The first-order chi connectivity index (χ1) is 16.0. The highest BCUT2D eigenvalue weighted by molar-refractivity contribution is 6.46. The van der Waals surface area contributed by atoms with Crippen molar-refractivity contribution in [3.63, 3.8) is 0 Å². The smallest absolute Gasteiger partial charge is 0.295 e. The summed E-state index contributed by atoms with van der Waals surface area (Å²) in [5, 5.41) is 11.1. The van der Waals surface area contributed by atoms with Crippen LogP contribution < -0.4 is 9.47 Å². The van der Waals surface area contributed by atoms with E-state index in [1.54, 1.807) is 18.2 Å². The van der Waals surface area contributed by atoms with E-state index in [9.17, 15) is 19.1 Å². The molecular weight excluding hydrogens is 431 g/mol. The molecule has 8 nitrogen and oxygen atoms in total. The molecule has 2 aromatic carbocycles. The Hall–Kier alpha value is -3.43. The van der Waals surface area contributed by atoms with Gasteiger partial charge >= 0.3 is 0 Å². The molecule has 0 bridgehead atoms. The van der Waals surface area contributed by atoms with Crippen LogP contribution >= 0.6 is 0 Å². The van der Waals surface area contributed by atoms with Gasteiger partial charge < -0.3 is 24.2 Å². The van der Waals surface area contributed by atoms with Gasteiger partial charge in [0, 0.05) is 37.3 Å². The van der Waals surface area contributed by atoms with Gasteiger partial charge in [0.2, 0.25) is 6.79 Å². The van der Waals surface area contributed by atoms with Gasteiger partial charge in [-0.15, -0.1) is 0 Å². The van der Waals surface area contributed by atoms with E-state index < -0.39 is 23.5 Å². The Morgan fingerprint density at radius 3 is 2.58 bits per heavy atom. The van der Waals surface area contributed by atoms with Crippen molar-refractivity contribution in [2.75, 3.05) is 46.2 Å². The Balaban J connectivity index is 1.55. The summed E-state index contributed by atoms with van der Waals surface area (Å²) in [5.41, 5.74) is 0.290. The van der Waals surface area contributed by atoms with Crippen LogP contribution in [0.1, 0.15) is 17.2 Å². The highest BCUT2D eigenvalue weighted by atomic mass is 19.1. The first-order valence-corrected chi connectivity index (χ1v) is 10.8. The van der Waals surface area contributed by atoms with E-state index in [1.807, 2.05) is 0 Å². The molecule has 1 amide bonds. The van der Waals surface area contributed by atoms with Crippen LogP contribution in [0, 0.1) is 5.82 Å². The summed E-state index contributed by atoms with van der Waals surface area (Å²) < 4.78 is 30.9. The maximum atomic E-state index is 14.9. The monoisotopic (exact) mass is 454 g/mol. The Kier molecular flexibility index (Phi) is 5.74. The number of amides is 1. The predicted octanol–water partition coefficient (Wildman–Crippen LogP) is 2.31. The number of halogens is 1. The van der Waals surface area contributed by atoms with Crippen molar-refractivity contribution in [1.29, 1.82) is 0 Å². The zero-order chi connectivity index (χ0) is 22.9. The van der Waals surface area contributed by atoms with Crippen molar-refractivity contribution in [1.82, 2.24) is 9.80 Å². The van der Waals surface area contributed by atoms with Crippen LogP contribution in [-0.4, -0.2) is 72.8 Å². The molecule has 172 valence electrons. The van der Waals surface area contributed by atoms with Crippen molar-refractivity contribution in [3.8, 4) is 11.5 Å². The summed E-state index contributed by atoms with van der Waals surface area (Å²) in [5.74, 6) is -1.61. The van der Waals surface area contributed by atoms with Gasteiger partial charge in [0.15, 0.2) is 11.5 Å². The molecule has 33 heavy (non-hydrogen) atoms. The topological polar surface area (TPSA) is 88.5 Å². The molecule has 1 atom stereocenters. The third-order valence-electron chi connectivity index (χ3n) is 6.15. The fraction of sp³-hybridized carbons (Fsp3) is 0.333. The van der Waals surface area contributed by atoms with Crippen molar-refractivity contribution in [2.45, 2.75) is 6.04 Å². The minimum atomic E-state index is -1.04. The molecule has 0 aromatic heterocycles. The Labute approximate surface area is 189 Å². The number of ether oxygens (including phenoxy) is 3. The fourth-order valence-electron chi connectivity index (χ4n) is 4.40. The number of Topliss-reactive ketones (excluding diaryl/α,β-unsaturated/α-hetero) is 1. The lowest BCUT2D eigenvalue weighted by atomic mass is 9.95. The number of ketones is 1. The number of hydrogen-bond acceptors (Lipinski definition) is 7. The standard InChI is InChI=1S/C24H23FN2O6/c25-17-4-2-1-3-16(17)21-20(22(28)15-5-6-18-19(13-15)33-14-32-18)23(29)24(30)27(21)8-7-26-9-11-31-12-10-26/h1-6,13,21,28H,7-12,14H2/b22-20+. The lowest BCUT2D eigenvalue weighted by Crippen LogP contribution is -2.42. The van der Waals surface area contributed by atoms with E-state index in [0.29, 0.717) is 44.3 Å². The predicted molar refractivity (Wildman–Crippen MR) is 115 cm³/mol. The number of hydrogen-bond donors (Lipinski definition) is 1. The zero-order valence-electron chi connectivity index (χ0n) is 17.8. The number of fused-ring (bicyclic) bond motifs is 1. The highest BCUT2D eigenvalue weighted by Crippen LogP contribution is 2.41. The quantitative estimate of drug-likeness (QED) is 0.421. The van der Waals surface area contributed by atoms with Gasteiger partial charge in [-0.1, -0.05) is 18.2 Å². The van der Waals surface area contributed by atoms with Crippen molar-refractivity contribution >= 4 is 17.4 Å². The number of carbonyl (C=O) groups excluding carboxylic acids is 2. The lowest BCUT2D eigenvalue weighted by molar-refractivity contribution is -0.140. The molecule has 0 radical (unpaired) electrons. The second-order valence-electron chi connectivity index (χ2n) is 8.04. The molecule has 0 saturated carbocycles. The third-order valence-corrected chi connectivity index (χ3v) is 6.15. The van der Waals surface area contributed by atoms with E-state index >= 15 is 0 Å². The van der Waals surface area contributed by atoms with Gasteiger partial charge in [-0.2, -0.15) is 0 Å². The number of aliphatic hydroxyl groups is 1. The fourth-order valence-corrected chi connectivity index (χ4v) is 4.40. The molecule has 2 fully saturated rings. The molecule has 3 heterocycles. The molecule has 2 saturated heterocycles. The van der Waals surface area contributed by atoms with Crippen LogP contribution in [0.15, 0.2) is 48.0 Å². The number of aliphatic hydroxyl groups excluding tert-OH is 1. The number of benzene rings is 2. The Bertz CT molecular complexity index is 1130. The molecule has 0 spiro atoms. The number of morpholine rings is 1. The minimum Gasteiger partial charge on any atom is -0.507 e. The number of nitrogens with zero attached hydrogens (tertiary/aromatic N) is 2. The van der Waals surface area contributed by atoms with Crippen LogP contribution in [0.5, 0.6) is 11.5 Å². The maximum Gasteiger partial charge on any atom is 0.295 e. The van der Waals surface area contributed by atoms with Gasteiger partial charge in [-0.05, 0) is 24.3 Å². The first-order valence-electron chi connectivity index (χ1n) is 10.8. The number of rotatable bonds is 5. The van der Waals surface area contributed by atoms with E-state index in [4.69, 9.17) is 14.2 Å². The summed E-state index contributed by atoms with van der Waals surface area (Å²) in [4.78, 5) is 29.6. The van der Waals surface area contributed by atoms with E-state index in [2.05, 4.69) is 4.90 Å². The molecular formula is C24H23FN2O6. The molecule has 5 rings (SSSR count). The second kappa shape index (κ2) is 8.84. The Morgan fingerprint density at radius 2 is 1.79 bits per heavy atom. The summed E-state index contributed by atoms with van der Waals surface area (Å²) >= 11 is 0. The van der Waals surface area contributed by atoms with Gasteiger partial charge in [0.1, 0.15) is 11.6 Å². The molecule has 1 unspecified atom stereocenters. The summed E-state index contributed by atoms with van der Waals surface area (Å²) in [7, 11) is 0. The molecule has 2 aromatic rings. The SMILES string of the molecule is O=C1C(=O)N(CCN2CCOCC2)C(c2ccccc2F)/C1=C(\O)c1ccc2c(c1)OCO2. The second-order valence-corrected chi connectivity index (χ2v) is 8.04. The van der Waals surface area contributed by atoms with Crippen LogP contribution in [0.2, 0.25) is 0 Å². The van der Waals surface area contributed by atoms with E-state index in [1.165, 1.54) is 29.2 Å². The average molecular weight is 454 g/mol. The van der Waals surface area contributed by atoms with E-state index in [0.717, 1.165) is 0 Å². The van der Waals surface area contributed by atoms with Crippen molar-refractivity contribution in [3.05, 3.63) is 65.0 Å². The molecule has 9 heteroatoms. The van der Waals surface area contributed by atoms with Gasteiger partial charge in [-0.3, -0.25) is 14.5 Å². The van der Waals surface area contributed by atoms with Crippen molar-refractivity contribution < 1.29 is 33.3 Å². The Morgan fingerprint density at radius 1 is 1.03 bits per heavy atom. The highest BCUT2D eigenvalue weighted by Gasteiger charge is 2.47. The molecule has 3 aliphatic heterocycles. The summed E-state index contributed by atoms with van der Waals surface area (Å²) in [6.07, 6.45) is 0. The van der Waals surface area contributed by atoms with E-state index in [-0.39, 0.29) is 35.8 Å². The summed E-state index contributed by atoms with van der Waals surface area (Å²) in [6.45, 7) is 3.39.